The molecule has 1 fully saturated rings. The number of likely N-dealkylation sites (tertiary alicyclic amines) is 1. The van der Waals surface area contributed by atoms with E-state index in [0.717, 1.165) is 0 Å². The van der Waals surface area contributed by atoms with Crippen LogP contribution in [0.5, 0.6) is 17.2 Å². The van der Waals surface area contributed by atoms with Gasteiger partial charge in [-0.05, 0) is 42.3 Å². The van der Waals surface area contributed by atoms with Crippen LogP contribution in [0.1, 0.15) is 23.6 Å². The lowest BCUT2D eigenvalue weighted by Crippen LogP contribution is -2.31. The number of ketones is 1. The lowest BCUT2D eigenvalue weighted by molar-refractivity contribution is -0.140. The van der Waals surface area contributed by atoms with Gasteiger partial charge in [-0.1, -0.05) is 12.1 Å². The number of hydrogen-bond donors (Lipinski definition) is 1. The minimum atomic E-state index is -0.745. The van der Waals surface area contributed by atoms with E-state index < -0.39 is 17.7 Å². The third-order valence-corrected chi connectivity index (χ3v) is 5.38. The van der Waals surface area contributed by atoms with Crippen LogP contribution in [0.15, 0.2) is 48.0 Å². The standard InChI is InChI=1S/C24H27NO7/c1-29-13-5-12-25-21(15-6-9-17(30-2)10-7-15)20(23(27)24(25)28)22(26)16-8-11-18(31-3)19(14-16)32-4/h6-11,14,21,26H,5,12-13H2,1-4H3/b22-20-. The van der Waals surface area contributed by atoms with E-state index >= 15 is 0 Å². The molecule has 1 atom stereocenters. The van der Waals surface area contributed by atoms with E-state index in [1.807, 2.05) is 0 Å². The number of aliphatic hydroxyl groups is 1. The monoisotopic (exact) mass is 441 g/mol. The van der Waals surface area contributed by atoms with Crippen molar-refractivity contribution >= 4 is 17.4 Å². The van der Waals surface area contributed by atoms with Crippen molar-refractivity contribution < 1.29 is 33.6 Å². The highest BCUT2D eigenvalue weighted by Crippen LogP contribution is 2.41. The molecule has 1 aliphatic rings. The summed E-state index contributed by atoms with van der Waals surface area (Å²) in [6.07, 6.45) is 0.548. The van der Waals surface area contributed by atoms with E-state index in [1.54, 1.807) is 56.7 Å². The smallest absolute Gasteiger partial charge is 0.295 e. The van der Waals surface area contributed by atoms with Crippen molar-refractivity contribution in [2.75, 3.05) is 41.6 Å². The number of nitrogens with zero attached hydrogens (tertiary/aromatic N) is 1. The predicted octanol–water partition coefficient (Wildman–Crippen LogP) is 3.17. The van der Waals surface area contributed by atoms with Crippen molar-refractivity contribution in [1.82, 2.24) is 4.90 Å². The van der Waals surface area contributed by atoms with Crippen LogP contribution in [-0.4, -0.2) is 63.3 Å². The highest BCUT2D eigenvalue weighted by Gasteiger charge is 2.45. The van der Waals surface area contributed by atoms with Crippen LogP contribution in [0.25, 0.3) is 5.76 Å². The van der Waals surface area contributed by atoms with Crippen molar-refractivity contribution in [2.45, 2.75) is 12.5 Å². The lowest BCUT2D eigenvalue weighted by Gasteiger charge is -2.25. The maximum Gasteiger partial charge on any atom is 0.295 e. The van der Waals surface area contributed by atoms with Crippen LogP contribution in [0, 0.1) is 0 Å². The molecule has 8 heteroatoms. The normalized spacial score (nSPS) is 17.5. The Labute approximate surface area is 187 Å². The second-order valence-corrected chi connectivity index (χ2v) is 7.18. The second kappa shape index (κ2) is 10.2. The van der Waals surface area contributed by atoms with Gasteiger partial charge in [0, 0.05) is 25.8 Å². The van der Waals surface area contributed by atoms with E-state index in [4.69, 9.17) is 18.9 Å². The third-order valence-electron chi connectivity index (χ3n) is 5.38. The van der Waals surface area contributed by atoms with Crippen LogP contribution in [0.2, 0.25) is 0 Å². The highest BCUT2D eigenvalue weighted by molar-refractivity contribution is 6.46. The third kappa shape index (κ3) is 4.40. The van der Waals surface area contributed by atoms with Gasteiger partial charge in [-0.15, -0.1) is 0 Å². The summed E-state index contributed by atoms with van der Waals surface area (Å²) in [5.41, 5.74) is 1.05. The Morgan fingerprint density at radius 3 is 2.22 bits per heavy atom. The molecule has 0 radical (unpaired) electrons. The summed E-state index contributed by atoms with van der Waals surface area (Å²) < 4.78 is 20.9. The number of benzene rings is 2. The van der Waals surface area contributed by atoms with Gasteiger partial charge in [0.1, 0.15) is 11.5 Å². The fourth-order valence-electron chi connectivity index (χ4n) is 3.76. The molecule has 0 saturated carbocycles. The first-order valence-electron chi connectivity index (χ1n) is 10.1. The molecular formula is C24H27NO7. The van der Waals surface area contributed by atoms with Crippen LogP contribution < -0.4 is 14.2 Å². The van der Waals surface area contributed by atoms with Gasteiger partial charge in [0.25, 0.3) is 11.7 Å². The average molecular weight is 441 g/mol. The van der Waals surface area contributed by atoms with Gasteiger partial charge >= 0.3 is 0 Å². The molecular weight excluding hydrogens is 414 g/mol. The molecule has 0 spiro atoms. The Kier molecular flexibility index (Phi) is 7.37. The SMILES string of the molecule is COCCCN1C(=O)C(=O)/C(=C(\O)c2ccc(OC)c(OC)c2)C1c1ccc(OC)cc1. The molecule has 0 aromatic heterocycles. The van der Waals surface area contributed by atoms with Gasteiger partial charge in [-0.3, -0.25) is 9.59 Å². The summed E-state index contributed by atoms with van der Waals surface area (Å²) in [4.78, 5) is 27.4. The average Bonchev–Trinajstić information content (AvgIpc) is 3.08. The van der Waals surface area contributed by atoms with E-state index in [9.17, 15) is 14.7 Å². The Morgan fingerprint density at radius 1 is 0.938 bits per heavy atom. The molecule has 1 unspecified atom stereocenters. The number of rotatable bonds is 9. The summed E-state index contributed by atoms with van der Waals surface area (Å²) >= 11 is 0. The first kappa shape index (κ1) is 23.1. The summed E-state index contributed by atoms with van der Waals surface area (Å²) in [5.74, 6) is -0.161. The molecule has 0 bridgehead atoms. The van der Waals surface area contributed by atoms with Crippen LogP contribution in [0.3, 0.4) is 0 Å². The van der Waals surface area contributed by atoms with Gasteiger partial charge in [0.05, 0.1) is 32.9 Å². The minimum Gasteiger partial charge on any atom is -0.507 e. The number of hydrogen-bond acceptors (Lipinski definition) is 7. The number of methoxy groups -OCH3 is 4. The van der Waals surface area contributed by atoms with Gasteiger partial charge in [0.2, 0.25) is 0 Å². The zero-order valence-electron chi connectivity index (χ0n) is 18.6. The largest absolute Gasteiger partial charge is 0.507 e. The van der Waals surface area contributed by atoms with Crippen molar-refractivity contribution in [1.29, 1.82) is 0 Å². The molecule has 1 saturated heterocycles. The zero-order valence-corrected chi connectivity index (χ0v) is 18.6. The number of aliphatic hydroxyl groups excluding tert-OH is 1. The molecule has 1 N–H and O–H groups in total. The maximum atomic E-state index is 13.0. The molecule has 2 aromatic carbocycles. The molecule has 1 heterocycles. The van der Waals surface area contributed by atoms with E-state index in [0.29, 0.717) is 47.9 Å². The molecule has 170 valence electrons. The van der Waals surface area contributed by atoms with Crippen LogP contribution in [-0.2, 0) is 14.3 Å². The fourth-order valence-corrected chi connectivity index (χ4v) is 3.76. The molecule has 2 aromatic rings. The Bertz CT molecular complexity index is 1010. The van der Waals surface area contributed by atoms with Crippen molar-refractivity contribution in [2.24, 2.45) is 0 Å². The van der Waals surface area contributed by atoms with Gasteiger partial charge in [-0.2, -0.15) is 0 Å². The Morgan fingerprint density at radius 2 is 1.62 bits per heavy atom. The summed E-state index contributed by atoms with van der Waals surface area (Å²) in [6.45, 7) is 0.742. The van der Waals surface area contributed by atoms with Crippen molar-refractivity contribution in [3.63, 3.8) is 0 Å². The van der Waals surface area contributed by atoms with Crippen LogP contribution >= 0.6 is 0 Å². The van der Waals surface area contributed by atoms with Crippen LogP contribution in [0.4, 0.5) is 0 Å². The summed E-state index contributed by atoms with van der Waals surface area (Å²) in [5, 5.41) is 11.1. The molecule has 8 nitrogen and oxygen atoms in total. The maximum absolute atomic E-state index is 13.0. The highest BCUT2D eigenvalue weighted by atomic mass is 16.5. The summed E-state index contributed by atoms with van der Waals surface area (Å²) in [7, 11) is 6.12. The number of Topliss-reactive ketones (excluding diaryl/α,β-unsaturated/α-hetero) is 1. The van der Waals surface area contributed by atoms with E-state index in [1.165, 1.54) is 19.1 Å². The Hall–Kier alpha value is -3.52. The molecule has 0 aliphatic carbocycles. The number of ether oxygens (including phenoxy) is 4. The van der Waals surface area contributed by atoms with Gasteiger partial charge < -0.3 is 29.0 Å². The number of carbonyl (C=O) groups is 2. The van der Waals surface area contributed by atoms with Crippen molar-refractivity contribution in [3.8, 4) is 17.2 Å². The molecule has 3 rings (SSSR count). The first-order valence-corrected chi connectivity index (χ1v) is 10.1. The van der Waals surface area contributed by atoms with Crippen molar-refractivity contribution in [3.05, 3.63) is 59.2 Å². The minimum absolute atomic E-state index is 0.0183. The number of amides is 1. The molecule has 32 heavy (non-hydrogen) atoms. The summed E-state index contributed by atoms with van der Waals surface area (Å²) in [6, 6.07) is 11.1. The quantitative estimate of drug-likeness (QED) is 0.276. The van der Waals surface area contributed by atoms with Gasteiger partial charge in [0.15, 0.2) is 11.5 Å². The first-order chi connectivity index (χ1) is 15.5. The predicted molar refractivity (Wildman–Crippen MR) is 118 cm³/mol. The molecule has 1 amide bonds. The second-order valence-electron chi connectivity index (χ2n) is 7.18. The lowest BCUT2D eigenvalue weighted by atomic mass is 9.95. The topological polar surface area (TPSA) is 94.5 Å². The van der Waals surface area contributed by atoms with Gasteiger partial charge in [-0.25, -0.2) is 0 Å². The van der Waals surface area contributed by atoms with E-state index in [2.05, 4.69) is 0 Å². The zero-order chi connectivity index (χ0) is 23.3. The Balaban J connectivity index is 2.13. The number of carbonyl (C=O) groups excluding carboxylic acids is 2. The fraction of sp³-hybridized carbons (Fsp3) is 0.333. The molecule has 1 aliphatic heterocycles. The van der Waals surface area contributed by atoms with E-state index in [-0.39, 0.29) is 11.3 Å².